The first-order valence-corrected chi connectivity index (χ1v) is 5.83. The summed E-state index contributed by atoms with van der Waals surface area (Å²) in [5, 5.41) is 13.1. The number of rotatable bonds is 6. The molecule has 2 unspecified atom stereocenters. The highest BCUT2D eigenvalue weighted by molar-refractivity contribution is 4.79. The first-order chi connectivity index (χ1) is 6.84. The van der Waals surface area contributed by atoms with Gasteiger partial charge in [-0.05, 0) is 32.7 Å². The topological polar surface area (TPSA) is 41.5 Å². The quantitative estimate of drug-likeness (QED) is 0.637. The third-order valence-corrected chi connectivity index (χ3v) is 2.81. The zero-order valence-electron chi connectivity index (χ0n) is 9.17. The van der Waals surface area contributed by atoms with Crippen molar-refractivity contribution in [1.29, 1.82) is 0 Å². The Balaban J connectivity index is 1.99. The molecular weight excluding hydrogens is 178 g/mol. The molecule has 14 heavy (non-hydrogen) atoms. The van der Waals surface area contributed by atoms with E-state index in [0.29, 0.717) is 6.04 Å². The lowest BCUT2D eigenvalue weighted by Gasteiger charge is -2.28. The van der Waals surface area contributed by atoms with Crippen LogP contribution < -0.4 is 5.32 Å². The fourth-order valence-corrected chi connectivity index (χ4v) is 1.96. The fraction of sp³-hybridized carbons (Fsp3) is 1.00. The van der Waals surface area contributed by atoms with Gasteiger partial charge in [0.1, 0.15) is 0 Å². The van der Waals surface area contributed by atoms with Gasteiger partial charge in [0.2, 0.25) is 0 Å². The van der Waals surface area contributed by atoms with Crippen molar-refractivity contribution < 1.29 is 9.84 Å². The lowest BCUT2D eigenvalue weighted by Crippen LogP contribution is -2.42. The van der Waals surface area contributed by atoms with Gasteiger partial charge in [-0.1, -0.05) is 12.8 Å². The molecule has 3 nitrogen and oxygen atoms in total. The molecular formula is C11H23NO2. The number of ether oxygens (including phenoxy) is 1. The minimum Gasteiger partial charge on any atom is -0.392 e. The zero-order chi connectivity index (χ0) is 10.2. The van der Waals surface area contributed by atoms with Gasteiger partial charge >= 0.3 is 0 Å². The summed E-state index contributed by atoms with van der Waals surface area (Å²) in [5.74, 6) is 0. The van der Waals surface area contributed by atoms with Crippen LogP contribution in [0.3, 0.4) is 0 Å². The predicted molar refractivity (Wildman–Crippen MR) is 57.4 cm³/mol. The second-order valence-corrected chi connectivity index (χ2v) is 3.96. The van der Waals surface area contributed by atoms with Crippen LogP contribution in [-0.2, 0) is 4.74 Å². The van der Waals surface area contributed by atoms with Crippen LogP contribution in [0.15, 0.2) is 0 Å². The van der Waals surface area contributed by atoms with Crippen LogP contribution in [0.4, 0.5) is 0 Å². The molecule has 1 aliphatic rings. The van der Waals surface area contributed by atoms with E-state index in [1.54, 1.807) is 0 Å². The standard InChI is InChI=1S/C11H23NO2/c1-2-14-9-5-8-12-10-6-3-4-7-11(10)13/h10-13H,2-9H2,1H3. The minimum absolute atomic E-state index is 0.129. The van der Waals surface area contributed by atoms with E-state index in [9.17, 15) is 5.11 Å². The van der Waals surface area contributed by atoms with Gasteiger partial charge in [0, 0.05) is 19.3 Å². The third kappa shape index (κ3) is 4.40. The Bertz CT molecular complexity index is 141. The first-order valence-electron chi connectivity index (χ1n) is 5.83. The summed E-state index contributed by atoms with van der Waals surface area (Å²) in [6.45, 7) is 4.60. The smallest absolute Gasteiger partial charge is 0.0693 e. The van der Waals surface area contributed by atoms with Crippen molar-refractivity contribution in [3.63, 3.8) is 0 Å². The summed E-state index contributed by atoms with van der Waals surface area (Å²) in [5.41, 5.74) is 0. The molecule has 1 saturated carbocycles. The number of aliphatic hydroxyl groups excluding tert-OH is 1. The van der Waals surface area contributed by atoms with E-state index in [0.717, 1.165) is 39.0 Å². The molecule has 0 aliphatic heterocycles. The van der Waals surface area contributed by atoms with Crippen LogP contribution in [0.5, 0.6) is 0 Å². The largest absolute Gasteiger partial charge is 0.392 e. The second-order valence-electron chi connectivity index (χ2n) is 3.96. The molecule has 0 aromatic rings. The molecule has 1 fully saturated rings. The molecule has 2 atom stereocenters. The average molecular weight is 201 g/mol. The van der Waals surface area contributed by atoms with Gasteiger partial charge in [-0.3, -0.25) is 0 Å². The Morgan fingerprint density at radius 3 is 2.86 bits per heavy atom. The molecule has 1 aliphatic carbocycles. The van der Waals surface area contributed by atoms with Crippen molar-refractivity contribution >= 4 is 0 Å². The Hall–Kier alpha value is -0.120. The van der Waals surface area contributed by atoms with E-state index in [4.69, 9.17) is 4.74 Å². The molecule has 2 N–H and O–H groups in total. The van der Waals surface area contributed by atoms with Crippen molar-refractivity contribution in [2.24, 2.45) is 0 Å². The average Bonchev–Trinajstić information content (AvgIpc) is 2.20. The summed E-state index contributed by atoms with van der Waals surface area (Å²) < 4.78 is 5.25. The van der Waals surface area contributed by atoms with E-state index in [2.05, 4.69) is 5.32 Å². The molecule has 0 saturated heterocycles. The Labute approximate surface area is 86.8 Å². The van der Waals surface area contributed by atoms with Crippen molar-refractivity contribution in [2.45, 2.75) is 51.2 Å². The minimum atomic E-state index is -0.129. The highest BCUT2D eigenvalue weighted by atomic mass is 16.5. The molecule has 0 radical (unpaired) electrons. The van der Waals surface area contributed by atoms with Gasteiger partial charge in [-0.15, -0.1) is 0 Å². The maximum Gasteiger partial charge on any atom is 0.0693 e. The lowest BCUT2D eigenvalue weighted by molar-refractivity contribution is 0.0878. The molecule has 0 spiro atoms. The summed E-state index contributed by atoms with van der Waals surface area (Å²) in [6, 6.07) is 0.324. The van der Waals surface area contributed by atoms with Crippen molar-refractivity contribution in [3.8, 4) is 0 Å². The van der Waals surface area contributed by atoms with Crippen molar-refractivity contribution in [2.75, 3.05) is 19.8 Å². The summed E-state index contributed by atoms with van der Waals surface area (Å²) in [4.78, 5) is 0. The molecule has 0 aromatic heterocycles. The molecule has 84 valence electrons. The molecule has 1 rings (SSSR count). The monoisotopic (exact) mass is 201 g/mol. The summed E-state index contributed by atoms with van der Waals surface area (Å²) >= 11 is 0. The predicted octanol–water partition coefficient (Wildman–Crippen LogP) is 1.31. The van der Waals surface area contributed by atoms with E-state index in [-0.39, 0.29) is 6.10 Å². The second kappa shape index (κ2) is 7.21. The van der Waals surface area contributed by atoms with Crippen LogP contribution in [-0.4, -0.2) is 37.0 Å². The Morgan fingerprint density at radius 2 is 2.14 bits per heavy atom. The highest BCUT2D eigenvalue weighted by Gasteiger charge is 2.21. The van der Waals surface area contributed by atoms with E-state index in [1.807, 2.05) is 6.92 Å². The lowest BCUT2D eigenvalue weighted by atomic mass is 9.92. The summed E-state index contributed by atoms with van der Waals surface area (Å²) in [7, 11) is 0. The van der Waals surface area contributed by atoms with E-state index < -0.39 is 0 Å². The molecule has 0 aromatic carbocycles. The molecule has 3 heteroatoms. The fourth-order valence-electron chi connectivity index (χ4n) is 1.96. The molecule has 0 amide bonds. The van der Waals surface area contributed by atoms with Gasteiger partial charge in [-0.25, -0.2) is 0 Å². The van der Waals surface area contributed by atoms with Gasteiger partial charge in [0.05, 0.1) is 6.10 Å². The number of aliphatic hydroxyl groups is 1. The van der Waals surface area contributed by atoms with Gasteiger partial charge in [-0.2, -0.15) is 0 Å². The Morgan fingerprint density at radius 1 is 1.36 bits per heavy atom. The van der Waals surface area contributed by atoms with Crippen LogP contribution >= 0.6 is 0 Å². The molecule has 0 bridgehead atoms. The van der Waals surface area contributed by atoms with Gasteiger partial charge in [0.25, 0.3) is 0 Å². The summed E-state index contributed by atoms with van der Waals surface area (Å²) in [6.07, 6.45) is 5.42. The van der Waals surface area contributed by atoms with Crippen molar-refractivity contribution in [1.82, 2.24) is 5.32 Å². The van der Waals surface area contributed by atoms with Crippen LogP contribution in [0.2, 0.25) is 0 Å². The normalized spacial score (nSPS) is 27.9. The van der Waals surface area contributed by atoms with Gasteiger partial charge in [0.15, 0.2) is 0 Å². The maximum atomic E-state index is 9.68. The van der Waals surface area contributed by atoms with Gasteiger partial charge < -0.3 is 15.2 Å². The maximum absolute atomic E-state index is 9.68. The first kappa shape index (κ1) is 12.0. The Kier molecular flexibility index (Phi) is 6.15. The number of nitrogens with one attached hydrogen (secondary N) is 1. The number of hydrogen-bond acceptors (Lipinski definition) is 3. The van der Waals surface area contributed by atoms with E-state index in [1.165, 1.54) is 12.8 Å². The third-order valence-electron chi connectivity index (χ3n) is 2.81. The van der Waals surface area contributed by atoms with E-state index >= 15 is 0 Å². The highest BCUT2D eigenvalue weighted by Crippen LogP contribution is 2.18. The van der Waals surface area contributed by atoms with Crippen molar-refractivity contribution in [3.05, 3.63) is 0 Å². The molecule has 0 heterocycles. The number of hydrogen-bond donors (Lipinski definition) is 2. The SMILES string of the molecule is CCOCCCNC1CCCCC1O. The van der Waals surface area contributed by atoms with Crippen LogP contribution in [0.25, 0.3) is 0 Å². The van der Waals surface area contributed by atoms with Crippen LogP contribution in [0, 0.1) is 0 Å². The zero-order valence-corrected chi connectivity index (χ0v) is 9.17. The van der Waals surface area contributed by atoms with Crippen LogP contribution in [0.1, 0.15) is 39.0 Å².